The summed E-state index contributed by atoms with van der Waals surface area (Å²) < 4.78 is 4.84. The highest BCUT2D eigenvalue weighted by atomic mass is 32.2. The Bertz CT molecular complexity index is 453. The van der Waals surface area contributed by atoms with E-state index in [1.54, 1.807) is 0 Å². The summed E-state index contributed by atoms with van der Waals surface area (Å²) in [5.41, 5.74) is 0.741. The van der Waals surface area contributed by atoms with Crippen LogP contribution in [-0.4, -0.2) is 40.6 Å². The van der Waals surface area contributed by atoms with Gasteiger partial charge in [0.15, 0.2) is 0 Å². The van der Waals surface area contributed by atoms with Gasteiger partial charge in [0.1, 0.15) is 5.82 Å². The van der Waals surface area contributed by atoms with Crippen molar-refractivity contribution in [2.45, 2.75) is 38.4 Å². The molecular weight excluding hydrogens is 274 g/mol. The summed E-state index contributed by atoms with van der Waals surface area (Å²) in [4.78, 5) is 19.8. The van der Waals surface area contributed by atoms with Crippen molar-refractivity contribution in [1.29, 1.82) is 0 Å². The van der Waals surface area contributed by atoms with Crippen LogP contribution >= 0.6 is 11.8 Å². The van der Waals surface area contributed by atoms with Crippen molar-refractivity contribution in [2.24, 2.45) is 0 Å². The van der Waals surface area contributed by atoms with Gasteiger partial charge < -0.3 is 10.1 Å². The molecule has 112 valence electrons. The van der Waals surface area contributed by atoms with Gasteiger partial charge in [0, 0.05) is 23.1 Å². The lowest BCUT2D eigenvalue weighted by Gasteiger charge is -2.30. The van der Waals surface area contributed by atoms with Crippen LogP contribution in [0.1, 0.15) is 43.0 Å². The average Bonchev–Trinajstić information content (AvgIpc) is 2.48. The molecule has 6 heteroatoms. The van der Waals surface area contributed by atoms with Gasteiger partial charge >= 0.3 is 5.97 Å². The summed E-state index contributed by atoms with van der Waals surface area (Å²) in [6.07, 6.45) is 4.27. The van der Waals surface area contributed by atoms with Crippen molar-refractivity contribution < 1.29 is 9.53 Å². The Morgan fingerprint density at radius 1 is 1.40 bits per heavy atom. The van der Waals surface area contributed by atoms with Crippen LogP contribution in [-0.2, 0) is 4.74 Å². The molecule has 1 aromatic heterocycles. The third-order valence-corrected chi connectivity index (χ3v) is 5.12. The number of nitrogens with zero attached hydrogens (tertiary/aromatic N) is 2. The number of ether oxygens (including phenoxy) is 1. The van der Waals surface area contributed by atoms with Crippen molar-refractivity contribution >= 4 is 23.5 Å². The molecule has 1 aromatic rings. The maximum absolute atomic E-state index is 11.5. The molecule has 0 fully saturated rings. The first-order valence-electron chi connectivity index (χ1n) is 6.73. The predicted octanol–water partition coefficient (Wildman–Crippen LogP) is 2.91. The van der Waals surface area contributed by atoms with Crippen LogP contribution in [0.15, 0.2) is 6.07 Å². The number of hydrogen-bond acceptors (Lipinski definition) is 6. The zero-order valence-electron chi connectivity index (χ0n) is 12.8. The zero-order chi connectivity index (χ0) is 15.2. The Kier molecular flexibility index (Phi) is 6.26. The molecular formula is C14H23N3O2S. The van der Waals surface area contributed by atoms with Crippen LogP contribution in [0.4, 0.5) is 5.82 Å². The molecule has 0 bridgehead atoms. The summed E-state index contributed by atoms with van der Waals surface area (Å²) in [5.74, 6) is 0.245. The second-order valence-electron chi connectivity index (χ2n) is 4.66. The van der Waals surface area contributed by atoms with E-state index >= 15 is 0 Å². The molecule has 0 aliphatic heterocycles. The minimum Gasteiger partial charge on any atom is -0.463 e. The third kappa shape index (κ3) is 4.10. The molecule has 20 heavy (non-hydrogen) atoms. The SMILES string of the molecule is CCC(CC)(CNc1cc(C)nc(C(=O)OC)n1)SC. The first-order valence-corrected chi connectivity index (χ1v) is 7.95. The number of anilines is 1. The molecule has 0 atom stereocenters. The van der Waals surface area contributed by atoms with E-state index in [4.69, 9.17) is 0 Å². The molecule has 0 aliphatic carbocycles. The first kappa shape index (κ1) is 16.8. The number of aryl methyl sites for hydroxylation is 1. The van der Waals surface area contributed by atoms with Gasteiger partial charge in [-0.15, -0.1) is 0 Å². The quantitative estimate of drug-likeness (QED) is 0.781. The molecule has 0 saturated heterocycles. The fourth-order valence-electron chi connectivity index (χ4n) is 1.95. The highest BCUT2D eigenvalue weighted by Gasteiger charge is 2.24. The Labute approximate surface area is 124 Å². The summed E-state index contributed by atoms with van der Waals surface area (Å²) in [6.45, 7) is 7.01. The molecule has 5 nitrogen and oxygen atoms in total. The van der Waals surface area contributed by atoms with E-state index in [-0.39, 0.29) is 10.6 Å². The number of thioether (sulfide) groups is 1. The van der Waals surface area contributed by atoms with Crippen LogP contribution in [0.25, 0.3) is 0 Å². The third-order valence-electron chi connectivity index (χ3n) is 3.54. The molecule has 0 amide bonds. The topological polar surface area (TPSA) is 64.1 Å². The highest BCUT2D eigenvalue weighted by molar-refractivity contribution is 8.00. The van der Waals surface area contributed by atoms with Crippen molar-refractivity contribution in [3.8, 4) is 0 Å². The minimum absolute atomic E-state index is 0.0951. The predicted molar refractivity (Wildman–Crippen MR) is 83.4 cm³/mol. The molecule has 1 heterocycles. The fraction of sp³-hybridized carbons (Fsp3) is 0.643. The van der Waals surface area contributed by atoms with Gasteiger partial charge in [-0.1, -0.05) is 13.8 Å². The number of carbonyl (C=O) groups is 1. The second-order valence-corrected chi connectivity index (χ2v) is 5.93. The number of nitrogens with one attached hydrogen (secondary N) is 1. The van der Waals surface area contributed by atoms with Gasteiger partial charge in [-0.25, -0.2) is 14.8 Å². The maximum atomic E-state index is 11.5. The number of aromatic nitrogens is 2. The molecule has 0 aromatic carbocycles. The summed E-state index contributed by atoms with van der Waals surface area (Å²) in [7, 11) is 1.33. The van der Waals surface area contributed by atoms with E-state index in [1.807, 2.05) is 24.8 Å². The van der Waals surface area contributed by atoms with E-state index in [2.05, 4.69) is 40.1 Å². The standard InChI is InChI=1S/C14H23N3O2S/c1-6-14(7-2,20-5)9-15-11-8-10(3)16-12(17-11)13(18)19-4/h8H,6-7,9H2,1-5H3,(H,15,16,17). The summed E-state index contributed by atoms with van der Waals surface area (Å²) in [5, 5.41) is 3.32. The zero-order valence-corrected chi connectivity index (χ0v) is 13.6. The number of rotatable bonds is 7. The monoisotopic (exact) mass is 297 g/mol. The second kappa shape index (κ2) is 7.47. The van der Waals surface area contributed by atoms with E-state index in [0.717, 1.165) is 25.1 Å². The smallest absolute Gasteiger partial charge is 0.376 e. The average molecular weight is 297 g/mol. The largest absolute Gasteiger partial charge is 0.463 e. The van der Waals surface area contributed by atoms with Gasteiger partial charge in [-0.2, -0.15) is 11.8 Å². The molecule has 0 saturated carbocycles. The number of esters is 1. The molecule has 0 radical (unpaired) electrons. The molecule has 0 aliphatic rings. The van der Waals surface area contributed by atoms with Gasteiger partial charge in [0.25, 0.3) is 0 Å². The van der Waals surface area contributed by atoms with E-state index in [0.29, 0.717) is 5.82 Å². The van der Waals surface area contributed by atoms with Crippen LogP contribution in [0, 0.1) is 6.92 Å². The van der Waals surface area contributed by atoms with Gasteiger partial charge in [-0.3, -0.25) is 0 Å². The lowest BCUT2D eigenvalue weighted by molar-refractivity contribution is 0.0586. The van der Waals surface area contributed by atoms with E-state index < -0.39 is 5.97 Å². The number of methoxy groups -OCH3 is 1. The van der Waals surface area contributed by atoms with Crippen molar-refractivity contribution in [2.75, 3.05) is 25.2 Å². The summed E-state index contributed by atoms with van der Waals surface area (Å²) >= 11 is 1.86. The Hall–Kier alpha value is -1.30. The molecule has 1 rings (SSSR count). The number of hydrogen-bond donors (Lipinski definition) is 1. The van der Waals surface area contributed by atoms with Crippen molar-refractivity contribution in [3.63, 3.8) is 0 Å². The Morgan fingerprint density at radius 2 is 2.05 bits per heavy atom. The lowest BCUT2D eigenvalue weighted by atomic mass is 10.0. The lowest BCUT2D eigenvalue weighted by Crippen LogP contribution is -2.32. The summed E-state index contributed by atoms with van der Waals surface area (Å²) in [6, 6.07) is 1.84. The van der Waals surface area contributed by atoms with Crippen molar-refractivity contribution in [3.05, 3.63) is 17.6 Å². The van der Waals surface area contributed by atoms with Gasteiger partial charge in [0.2, 0.25) is 5.82 Å². The van der Waals surface area contributed by atoms with Crippen LogP contribution in [0.3, 0.4) is 0 Å². The highest BCUT2D eigenvalue weighted by Crippen LogP contribution is 2.30. The molecule has 0 spiro atoms. The molecule has 0 unspecified atom stereocenters. The van der Waals surface area contributed by atoms with Crippen molar-refractivity contribution in [1.82, 2.24) is 9.97 Å². The first-order chi connectivity index (χ1) is 9.50. The van der Waals surface area contributed by atoms with E-state index in [1.165, 1.54) is 7.11 Å². The molecule has 1 N–H and O–H groups in total. The Morgan fingerprint density at radius 3 is 2.55 bits per heavy atom. The van der Waals surface area contributed by atoms with Gasteiger partial charge in [-0.05, 0) is 26.0 Å². The normalized spacial score (nSPS) is 11.2. The maximum Gasteiger partial charge on any atom is 0.376 e. The van der Waals surface area contributed by atoms with Crippen LogP contribution in [0.5, 0.6) is 0 Å². The fourth-order valence-corrected chi connectivity index (χ4v) is 2.75. The Balaban J connectivity index is 2.87. The minimum atomic E-state index is -0.515. The van der Waals surface area contributed by atoms with Crippen LogP contribution < -0.4 is 5.32 Å². The van der Waals surface area contributed by atoms with Crippen LogP contribution in [0.2, 0.25) is 0 Å². The van der Waals surface area contributed by atoms with E-state index in [9.17, 15) is 4.79 Å². The van der Waals surface area contributed by atoms with Gasteiger partial charge in [0.05, 0.1) is 7.11 Å². The number of carbonyl (C=O) groups excluding carboxylic acids is 1.